The molecule has 0 radical (unpaired) electrons. The number of rotatable bonds is 9. The first-order chi connectivity index (χ1) is 12.8. The van der Waals surface area contributed by atoms with Crippen molar-refractivity contribution in [3.8, 4) is 0 Å². The van der Waals surface area contributed by atoms with E-state index in [0.717, 1.165) is 15.4 Å². The maximum Gasteiger partial charge on any atom is 0.243 e. The van der Waals surface area contributed by atoms with Gasteiger partial charge in [0, 0.05) is 25.2 Å². The molecule has 8 heteroatoms. The van der Waals surface area contributed by atoms with E-state index in [9.17, 15) is 13.2 Å². The molecule has 0 bridgehead atoms. The number of hydrogen-bond donors (Lipinski definition) is 1. The Morgan fingerprint density at radius 3 is 2.52 bits per heavy atom. The summed E-state index contributed by atoms with van der Waals surface area (Å²) in [5.74, 6) is -0.391. The lowest BCUT2D eigenvalue weighted by atomic mass is 10.1. The van der Waals surface area contributed by atoms with Crippen molar-refractivity contribution in [1.29, 1.82) is 0 Å². The number of methoxy groups -OCH3 is 1. The van der Waals surface area contributed by atoms with E-state index < -0.39 is 15.9 Å². The van der Waals surface area contributed by atoms with E-state index in [1.807, 2.05) is 31.2 Å². The lowest BCUT2D eigenvalue weighted by Crippen LogP contribution is -2.41. The van der Waals surface area contributed by atoms with E-state index in [2.05, 4.69) is 5.32 Å². The summed E-state index contributed by atoms with van der Waals surface area (Å²) >= 11 is 5.86. The van der Waals surface area contributed by atoms with Gasteiger partial charge in [-0.1, -0.05) is 41.4 Å². The maximum atomic E-state index is 13.1. The molecule has 27 heavy (non-hydrogen) atoms. The minimum absolute atomic E-state index is 0.0873. The van der Waals surface area contributed by atoms with Crippen LogP contribution in [-0.4, -0.2) is 45.4 Å². The molecular formula is C19H23ClN2O4S. The van der Waals surface area contributed by atoms with E-state index in [1.165, 1.54) is 31.4 Å². The number of carbonyl (C=O) groups is 1. The van der Waals surface area contributed by atoms with Crippen LogP contribution in [0.15, 0.2) is 53.4 Å². The van der Waals surface area contributed by atoms with Gasteiger partial charge in [-0.3, -0.25) is 4.79 Å². The van der Waals surface area contributed by atoms with Crippen LogP contribution in [0.1, 0.15) is 11.1 Å². The minimum atomic E-state index is -3.87. The predicted octanol–water partition coefficient (Wildman–Crippen LogP) is 2.60. The number of aryl methyl sites for hydroxylation is 1. The van der Waals surface area contributed by atoms with E-state index in [0.29, 0.717) is 18.2 Å². The normalized spacial score (nSPS) is 11.6. The van der Waals surface area contributed by atoms with Crippen molar-refractivity contribution >= 4 is 27.5 Å². The summed E-state index contributed by atoms with van der Waals surface area (Å²) in [4.78, 5) is 12.3. The molecule has 0 aliphatic rings. The summed E-state index contributed by atoms with van der Waals surface area (Å²) in [5, 5.41) is 3.09. The Balaban J connectivity index is 2.27. The van der Waals surface area contributed by atoms with Crippen LogP contribution in [-0.2, 0) is 26.1 Å². The van der Waals surface area contributed by atoms with E-state index >= 15 is 0 Å². The Kier molecular flexibility index (Phi) is 7.79. The first-order valence-electron chi connectivity index (χ1n) is 8.40. The zero-order valence-corrected chi connectivity index (χ0v) is 16.9. The van der Waals surface area contributed by atoms with Crippen LogP contribution in [0, 0.1) is 6.92 Å². The first-order valence-corrected chi connectivity index (χ1v) is 10.2. The Bertz CT molecular complexity index is 870. The first kappa shape index (κ1) is 21.4. The standard InChI is InChI=1S/C19H23ClN2O4S/c1-15-4-3-5-16(12-15)13-22(14-19(23)21-10-11-26-2)27(24,25)18-8-6-17(20)7-9-18/h3-9,12H,10-11,13-14H2,1-2H3,(H,21,23). The molecule has 0 saturated heterocycles. The number of nitrogens with one attached hydrogen (secondary N) is 1. The number of sulfonamides is 1. The van der Waals surface area contributed by atoms with Gasteiger partial charge in [0.1, 0.15) is 0 Å². The average molecular weight is 411 g/mol. The highest BCUT2D eigenvalue weighted by atomic mass is 35.5. The van der Waals surface area contributed by atoms with Gasteiger partial charge in [0.25, 0.3) is 0 Å². The summed E-state index contributed by atoms with van der Waals surface area (Å²) in [6.07, 6.45) is 0. The van der Waals surface area contributed by atoms with Crippen LogP contribution in [0.2, 0.25) is 5.02 Å². The average Bonchev–Trinajstić information content (AvgIpc) is 2.62. The summed E-state index contributed by atoms with van der Waals surface area (Å²) in [6.45, 7) is 2.40. The summed E-state index contributed by atoms with van der Waals surface area (Å²) in [5.41, 5.74) is 1.82. The highest BCUT2D eigenvalue weighted by molar-refractivity contribution is 7.89. The zero-order chi connectivity index (χ0) is 19.9. The molecule has 2 aromatic rings. The molecule has 0 spiro atoms. The molecule has 2 aromatic carbocycles. The van der Waals surface area contributed by atoms with Gasteiger partial charge in [0.15, 0.2) is 0 Å². The number of nitrogens with zero attached hydrogens (tertiary/aromatic N) is 1. The highest BCUT2D eigenvalue weighted by Gasteiger charge is 2.27. The molecule has 0 aliphatic carbocycles. The molecule has 1 N–H and O–H groups in total. The maximum absolute atomic E-state index is 13.1. The third-order valence-corrected chi connectivity index (χ3v) is 5.90. The van der Waals surface area contributed by atoms with Crippen molar-refractivity contribution in [2.75, 3.05) is 26.8 Å². The van der Waals surface area contributed by atoms with Gasteiger partial charge in [-0.15, -0.1) is 0 Å². The lowest BCUT2D eigenvalue weighted by Gasteiger charge is -2.22. The van der Waals surface area contributed by atoms with Crippen LogP contribution in [0.5, 0.6) is 0 Å². The summed E-state index contributed by atoms with van der Waals surface area (Å²) in [6, 6.07) is 13.4. The van der Waals surface area contributed by atoms with Crippen molar-refractivity contribution in [2.45, 2.75) is 18.4 Å². The molecule has 0 unspecified atom stereocenters. The number of hydrogen-bond acceptors (Lipinski definition) is 4. The molecule has 2 rings (SSSR count). The van der Waals surface area contributed by atoms with E-state index in [4.69, 9.17) is 16.3 Å². The van der Waals surface area contributed by atoms with Crippen LogP contribution in [0.4, 0.5) is 0 Å². The number of benzene rings is 2. The van der Waals surface area contributed by atoms with Crippen LogP contribution >= 0.6 is 11.6 Å². The van der Waals surface area contributed by atoms with Gasteiger partial charge < -0.3 is 10.1 Å². The van der Waals surface area contributed by atoms with Crippen molar-refractivity contribution in [2.24, 2.45) is 0 Å². The van der Waals surface area contributed by atoms with Crippen molar-refractivity contribution in [3.63, 3.8) is 0 Å². The van der Waals surface area contributed by atoms with Gasteiger partial charge >= 0.3 is 0 Å². The Labute approximate surface area is 165 Å². The SMILES string of the molecule is COCCNC(=O)CN(Cc1cccc(C)c1)S(=O)(=O)c1ccc(Cl)cc1. The smallest absolute Gasteiger partial charge is 0.243 e. The fourth-order valence-corrected chi connectivity index (χ4v) is 4.01. The monoisotopic (exact) mass is 410 g/mol. The summed E-state index contributed by atoms with van der Waals surface area (Å²) in [7, 11) is -2.34. The molecular weight excluding hydrogens is 388 g/mol. The molecule has 0 heterocycles. The topological polar surface area (TPSA) is 75.7 Å². The van der Waals surface area contributed by atoms with Gasteiger partial charge in [-0.25, -0.2) is 8.42 Å². The molecule has 0 fully saturated rings. The number of carbonyl (C=O) groups excluding carboxylic acids is 1. The minimum Gasteiger partial charge on any atom is -0.383 e. The molecule has 0 aromatic heterocycles. The Morgan fingerprint density at radius 2 is 1.89 bits per heavy atom. The molecule has 146 valence electrons. The number of ether oxygens (including phenoxy) is 1. The van der Waals surface area contributed by atoms with Crippen molar-refractivity contribution in [3.05, 3.63) is 64.7 Å². The molecule has 0 saturated carbocycles. The lowest BCUT2D eigenvalue weighted by molar-refractivity contribution is -0.121. The molecule has 0 aliphatic heterocycles. The van der Waals surface area contributed by atoms with Gasteiger partial charge in [0.2, 0.25) is 15.9 Å². The Hall–Kier alpha value is -1.93. The highest BCUT2D eigenvalue weighted by Crippen LogP contribution is 2.20. The van der Waals surface area contributed by atoms with Gasteiger partial charge in [-0.05, 0) is 36.8 Å². The second-order valence-electron chi connectivity index (χ2n) is 6.06. The molecule has 6 nitrogen and oxygen atoms in total. The van der Waals surface area contributed by atoms with Crippen LogP contribution in [0.25, 0.3) is 0 Å². The van der Waals surface area contributed by atoms with Gasteiger partial charge in [0.05, 0.1) is 18.0 Å². The van der Waals surface area contributed by atoms with Crippen LogP contribution < -0.4 is 5.32 Å². The number of halogens is 1. The fraction of sp³-hybridized carbons (Fsp3) is 0.316. The summed E-state index contributed by atoms with van der Waals surface area (Å²) < 4.78 is 32.2. The second kappa shape index (κ2) is 9.85. The Morgan fingerprint density at radius 1 is 1.19 bits per heavy atom. The largest absolute Gasteiger partial charge is 0.383 e. The van der Waals surface area contributed by atoms with Crippen molar-refractivity contribution in [1.82, 2.24) is 9.62 Å². The quantitative estimate of drug-likeness (QED) is 0.645. The molecule has 1 amide bonds. The second-order valence-corrected chi connectivity index (χ2v) is 8.43. The zero-order valence-electron chi connectivity index (χ0n) is 15.3. The fourth-order valence-electron chi connectivity index (χ4n) is 2.50. The van der Waals surface area contributed by atoms with E-state index in [1.54, 1.807) is 0 Å². The van der Waals surface area contributed by atoms with E-state index in [-0.39, 0.29) is 18.0 Å². The predicted molar refractivity (Wildman–Crippen MR) is 105 cm³/mol. The van der Waals surface area contributed by atoms with Crippen LogP contribution in [0.3, 0.4) is 0 Å². The van der Waals surface area contributed by atoms with Crippen molar-refractivity contribution < 1.29 is 17.9 Å². The molecule has 0 atom stereocenters. The third-order valence-electron chi connectivity index (χ3n) is 3.84. The van der Waals surface area contributed by atoms with Gasteiger partial charge in [-0.2, -0.15) is 4.31 Å². The third kappa shape index (κ3) is 6.32. The number of amides is 1.